The van der Waals surface area contributed by atoms with Gasteiger partial charge in [-0.25, -0.2) is 14.8 Å². The molecule has 1 fully saturated rings. The number of nitrogens with one attached hydrogen (secondary N) is 1. The molecule has 0 unspecified atom stereocenters. The summed E-state index contributed by atoms with van der Waals surface area (Å²) in [5.74, 6) is 0. The zero-order valence-electron chi connectivity index (χ0n) is 19.0. The highest BCUT2D eigenvalue weighted by atomic mass is 16.6. The number of fused-ring (bicyclic) bond motifs is 2. The number of ether oxygens (including phenoxy) is 1. The van der Waals surface area contributed by atoms with Crippen molar-refractivity contribution in [3.63, 3.8) is 0 Å². The van der Waals surface area contributed by atoms with Crippen molar-refractivity contribution in [1.82, 2.24) is 19.9 Å². The third-order valence-electron chi connectivity index (χ3n) is 6.02. The lowest BCUT2D eigenvalue weighted by molar-refractivity contribution is 0.0225. The highest BCUT2D eigenvalue weighted by Gasteiger charge is 2.34. The number of rotatable bonds is 2. The van der Waals surface area contributed by atoms with Gasteiger partial charge in [-0.1, -0.05) is 18.2 Å². The molecular formula is C26H28N4O2. The number of nitrogens with zero attached hydrogens (tertiary/aromatic N) is 3. The number of para-hydroxylation sites is 1. The summed E-state index contributed by atoms with van der Waals surface area (Å²) in [4.78, 5) is 27.6. The topological polar surface area (TPSA) is 71.1 Å². The van der Waals surface area contributed by atoms with Crippen LogP contribution in [-0.4, -0.2) is 38.1 Å². The first-order chi connectivity index (χ1) is 15.3. The molecule has 0 saturated carbocycles. The SMILES string of the molecule is Cc1c[nH]c2ncc(-c3cc([C@@H]4CCCN4C(=O)OC(C)(C)C)c4ccccc4n3)cc12. The van der Waals surface area contributed by atoms with Gasteiger partial charge in [0.2, 0.25) is 0 Å². The lowest BCUT2D eigenvalue weighted by Gasteiger charge is -2.29. The fourth-order valence-electron chi connectivity index (χ4n) is 4.53. The van der Waals surface area contributed by atoms with Gasteiger partial charge in [0.05, 0.1) is 17.3 Å². The Morgan fingerprint density at radius 1 is 1.19 bits per heavy atom. The number of aromatic nitrogens is 3. The van der Waals surface area contributed by atoms with Crippen molar-refractivity contribution in [2.75, 3.05) is 6.54 Å². The van der Waals surface area contributed by atoms with Crippen LogP contribution in [0, 0.1) is 6.92 Å². The number of hydrogen-bond donors (Lipinski definition) is 1. The molecule has 5 rings (SSSR count). The van der Waals surface area contributed by atoms with Crippen molar-refractivity contribution in [3.8, 4) is 11.3 Å². The maximum atomic E-state index is 13.0. The summed E-state index contributed by atoms with van der Waals surface area (Å²) >= 11 is 0. The van der Waals surface area contributed by atoms with Crippen molar-refractivity contribution in [2.45, 2.75) is 52.2 Å². The number of likely N-dealkylation sites (tertiary alicyclic amines) is 1. The lowest BCUT2D eigenvalue weighted by Crippen LogP contribution is -2.36. The van der Waals surface area contributed by atoms with E-state index in [9.17, 15) is 4.79 Å². The highest BCUT2D eigenvalue weighted by molar-refractivity contribution is 5.88. The summed E-state index contributed by atoms with van der Waals surface area (Å²) in [5, 5.41) is 2.17. The Kier molecular flexibility index (Phi) is 4.88. The first-order valence-electron chi connectivity index (χ1n) is 11.1. The molecule has 4 heterocycles. The predicted octanol–water partition coefficient (Wildman–Crippen LogP) is 6.16. The minimum absolute atomic E-state index is 0.0396. The third-order valence-corrected chi connectivity index (χ3v) is 6.02. The van der Waals surface area contributed by atoms with Gasteiger partial charge in [0.1, 0.15) is 11.2 Å². The Morgan fingerprint density at radius 2 is 2.00 bits per heavy atom. The van der Waals surface area contributed by atoms with Gasteiger partial charge in [-0.15, -0.1) is 0 Å². The first-order valence-corrected chi connectivity index (χ1v) is 11.1. The van der Waals surface area contributed by atoms with Gasteiger partial charge >= 0.3 is 6.09 Å². The maximum Gasteiger partial charge on any atom is 0.410 e. The van der Waals surface area contributed by atoms with Gasteiger partial charge in [0.25, 0.3) is 0 Å². The van der Waals surface area contributed by atoms with E-state index in [-0.39, 0.29) is 12.1 Å². The Hall–Kier alpha value is -3.41. The number of amides is 1. The number of pyridine rings is 2. The number of aryl methyl sites for hydroxylation is 1. The molecule has 1 saturated heterocycles. The van der Waals surface area contributed by atoms with E-state index in [1.54, 1.807) is 0 Å². The van der Waals surface area contributed by atoms with E-state index in [1.165, 1.54) is 0 Å². The Morgan fingerprint density at radius 3 is 2.81 bits per heavy atom. The Labute approximate surface area is 187 Å². The van der Waals surface area contributed by atoms with Crippen molar-refractivity contribution in [2.24, 2.45) is 0 Å². The first kappa shape index (κ1) is 20.5. The molecule has 6 heteroatoms. The van der Waals surface area contributed by atoms with Gasteiger partial charge in [-0.05, 0) is 69.9 Å². The van der Waals surface area contributed by atoms with Crippen LogP contribution < -0.4 is 0 Å². The fourth-order valence-corrected chi connectivity index (χ4v) is 4.53. The Balaban J connectivity index is 1.62. The molecule has 1 atom stereocenters. The van der Waals surface area contributed by atoms with Crippen LogP contribution in [0.3, 0.4) is 0 Å². The van der Waals surface area contributed by atoms with Gasteiger partial charge in [-0.2, -0.15) is 0 Å². The predicted molar refractivity (Wildman–Crippen MR) is 126 cm³/mol. The number of carbonyl (C=O) groups excluding carboxylic acids is 1. The molecule has 4 aromatic rings. The van der Waals surface area contributed by atoms with Crippen LogP contribution in [0.5, 0.6) is 0 Å². The number of H-pyrrole nitrogens is 1. The number of benzene rings is 1. The monoisotopic (exact) mass is 428 g/mol. The van der Waals surface area contributed by atoms with Crippen molar-refractivity contribution < 1.29 is 9.53 Å². The number of hydrogen-bond acceptors (Lipinski definition) is 4. The third kappa shape index (κ3) is 3.70. The van der Waals surface area contributed by atoms with E-state index in [2.05, 4.69) is 35.1 Å². The summed E-state index contributed by atoms with van der Waals surface area (Å²) in [7, 11) is 0. The van der Waals surface area contributed by atoms with Crippen molar-refractivity contribution in [1.29, 1.82) is 0 Å². The zero-order chi connectivity index (χ0) is 22.5. The molecule has 1 aliphatic rings. The molecule has 0 radical (unpaired) electrons. The minimum atomic E-state index is -0.523. The van der Waals surface area contributed by atoms with E-state index in [0.29, 0.717) is 6.54 Å². The molecule has 0 spiro atoms. The van der Waals surface area contributed by atoms with Crippen LogP contribution in [0.1, 0.15) is 50.8 Å². The second-order valence-corrected chi connectivity index (χ2v) is 9.54. The molecule has 32 heavy (non-hydrogen) atoms. The summed E-state index contributed by atoms with van der Waals surface area (Å²) in [5.41, 5.74) is 5.37. The van der Waals surface area contributed by atoms with E-state index in [1.807, 2.05) is 56.3 Å². The van der Waals surface area contributed by atoms with Gasteiger partial charge < -0.3 is 14.6 Å². The lowest BCUT2D eigenvalue weighted by atomic mass is 9.97. The molecule has 1 aliphatic heterocycles. The molecule has 6 nitrogen and oxygen atoms in total. The van der Waals surface area contributed by atoms with Crippen molar-refractivity contribution >= 4 is 28.0 Å². The molecule has 1 N–H and O–H groups in total. The van der Waals surface area contributed by atoms with E-state index >= 15 is 0 Å². The molecule has 0 bridgehead atoms. The molecule has 1 amide bonds. The van der Waals surface area contributed by atoms with E-state index < -0.39 is 5.60 Å². The van der Waals surface area contributed by atoms with Crippen LogP contribution in [-0.2, 0) is 4.74 Å². The summed E-state index contributed by atoms with van der Waals surface area (Å²) in [6.07, 6.45) is 5.43. The van der Waals surface area contributed by atoms with Crippen LogP contribution in [0.15, 0.2) is 48.8 Å². The molecule has 3 aromatic heterocycles. The largest absolute Gasteiger partial charge is 0.444 e. The van der Waals surface area contributed by atoms with E-state index in [4.69, 9.17) is 9.72 Å². The second kappa shape index (κ2) is 7.62. The van der Waals surface area contributed by atoms with Gasteiger partial charge in [-0.3, -0.25) is 0 Å². The zero-order valence-corrected chi connectivity index (χ0v) is 19.0. The van der Waals surface area contributed by atoms with Crippen LogP contribution >= 0.6 is 0 Å². The highest BCUT2D eigenvalue weighted by Crippen LogP contribution is 2.38. The second-order valence-electron chi connectivity index (χ2n) is 9.54. The molecule has 1 aromatic carbocycles. The average molecular weight is 429 g/mol. The Bertz CT molecular complexity index is 1320. The maximum absolute atomic E-state index is 13.0. The average Bonchev–Trinajstić information content (AvgIpc) is 3.39. The fraction of sp³-hybridized carbons (Fsp3) is 0.346. The summed E-state index contributed by atoms with van der Waals surface area (Å²) in [6.45, 7) is 8.48. The van der Waals surface area contributed by atoms with Crippen LogP contribution in [0.4, 0.5) is 4.79 Å². The normalized spacial score (nSPS) is 16.8. The smallest absolute Gasteiger partial charge is 0.410 e. The molecular weight excluding hydrogens is 400 g/mol. The van der Waals surface area contributed by atoms with Gasteiger partial charge in [0, 0.05) is 35.3 Å². The van der Waals surface area contributed by atoms with Crippen molar-refractivity contribution in [3.05, 3.63) is 59.9 Å². The van der Waals surface area contributed by atoms with Crippen LogP contribution in [0.2, 0.25) is 0 Å². The standard InChI is InChI=1S/C26H28N4O2/c1-16-14-27-24-19(16)12-17(15-28-24)22-13-20(18-8-5-6-9-21(18)29-22)23-10-7-11-30(23)25(31)32-26(2,3)4/h5-6,8-9,12-15,23H,7,10-11H2,1-4H3,(H,27,28)/t23-/m0/s1. The number of aromatic amines is 1. The summed E-state index contributed by atoms with van der Waals surface area (Å²) < 4.78 is 5.71. The number of carbonyl (C=O) groups is 1. The quantitative estimate of drug-likeness (QED) is 0.415. The molecule has 164 valence electrons. The van der Waals surface area contributed by atoms with Crippen LogP contribution in [0.25, 0.3) is 33.2 Å². The molecule has 0 aliphatic carbocycles. The van der Waals surface area contributed by atoms with E-state index in [0.717, 1.165) is 57.2 Å². The summed E-state index contributed by atoms with van der Waals surface area (Å²) in [6, 6.07) is 12.4. The van der Waals surface area contributed by atoms with Gasteiger partial charge in [0.15, 0.2) is 0 Å². The minimum Gasteiger partial charge on any atom is -0.444 e.